The number of nitrogens with one attached hydrogen (secondary N) is 3. The first-order valence-corrected chi connectivity index (χ1v) is 12.1. The number of aromatic amines is 1. The van der Waals surface area contributed by atoms with E-state index in [0.717, 1.165) is 33.3 Å². The lowest BCUT2D eigenvalue weighted by Crippen LogP contribution is -2.43. The molecule has 7 nitrogen and oxygen atoms in total. The molecular weight excluding hydrogens is 452 g/mol. The van der Waals surface area contributed by atoms with E-state index in [-0.39, 0.29) is 43.1 Å². The molecule has 1 aliphatic heterocycles. The van der Waals surface area contributed by atoms with Crippen molar-refractivity contribution in [2.45, 2.75) is 32.2 Å². The Kier molecular flexibility index (Phi) is 6.54. The summed E-state index contributed by atoms with van der Waals surface area (Å²) in [5, 5.41) is 1.06. The van der Waals surface area contributed by atoms with Crippen LogP contribution in [0.25, 0.3) is 10.9 Å². The number of rotatable bonds is 7. The summed E-state index contributed by atoms with van der Waals surface area (Å²) in [5.74, 6) is -0.703. The van der Waals surface area contributed by atoms with E-state index in [0.29, 0.717) is 12.0 Å². The molecule has 1 atom stereocenters. The largest absolute Gasteiger partial charge is 0.358 e. The Bertz CT molecular complexity index is 1430. The van der Waals surface area contributed by atoms with Gasteiger partial charge in [0.15, 0.2) is 0 Å². The zero-order valence-electron chi connectivity index (χ0n) is 20.1. The molecule has 5 rings (SSSR count). The second-order valence-electron chi connectivity index (χ2n) is 9.03. The first kappa shape index (κ1) is 23.4. The molecule has 4 aromatic rings. The summed E-state index contributed by atoms with van der Waals surface area (Å²) in [6.07, 6.45) is 0.928. The highest BCUT2D eigenvalue weighted by Gasteiger charge is 2.39. The van der Waals surface area contributed by atoms with Gasteiger partial charge in [-0.1, -0.05) is 66.7 Å². The molecule has 0 saturated carbocycles. The number of aromatic nitrogens is 1. The van der Waals surface area contributed by atoms with Crippen molar-refractivity contribution in [3.63, 3.8) is 0 Å². The predicted molar refractivity (Wildman–Crippen MR) is 138 cm³/mol. The number of para-hydroxylation sites is 1. The van der Waals surface area contributed by atoms with Gasteiger partial charge in [0.25, 0.3) is 5.91 Å². The minimum atomic E-state index is -0.346. The van der Waals surface area contributed by atoms with E-state index >= 15 is 0 Å². The number of hydrogen-bond acceptors (Lipinski definition) is 3. The molecule has 1 aromatic heterocycles. The fraction of sp³-hybridized carbons (Fsp3) is 0.207. The Balaban J connectivity index is 1.26. The van der Waals surface area contributed by atoms with Crippen molar-refractivity contribution in [1.29, 1.82) is 0 Å². The Hall–Kier alpha value is -4.39. The van der Waals surface area contributed by atoms with Gasteiger partial charge in [0.2, 0.25) is 11.8 Å². The number of hydrogen-bond donors (Lipinski definition) is 3. The van der Waals surface area contributed by atoms with Crippen molar-refractivity contribution in [2.24, 2.45) is 0 Å². The summed E-state index contributed by atoms with van der Waals surface area (Å²) in [4.78, 5) is 43.3. The third-order valence-corrected chi connectivity index (χ3v) is 6.68. The van der Waals surface area contributed by atoms with Crippen LogP contribution in [0.15, 0.2) is 78.9 Å². The monoisotopic (exact) mass is 480 g/mol. The van der Waals surface area contributed by atoms with Crippen LogP contribution in [0.1, 0.15) is 51.6 Å². The fourth-order valence-electron chi connectivity index (χ4n) is 4.95. The lowest BCUT2D eigenvalue weighted by atomic mass is 9.95. The highest BCUT2D eigenvalue weighted by Crippen LogP contribution is 2.42. The lowest BCUT2D eigenvalue weighted by Gasteiger charge is -2.26. The van der Waals surface area contributed by atoms with Crippen LogP contribution in [0.3, 0.4) is 0 Å². The van der Waals surface area contributed by atoms with Crippen LogP contribution in [0.4, 0.5) is 0 Å². The molecule has 7 heteroatoms. The Morgan fingerprint density at radius 3 is 2.33 bits per heavy atom. The molecule has 3 N–H and O–H groups in total. The molecule has 0 bridgehead atoms. The van der Waals surface area contributed by atoms with Crippen LogP contribution < -0.4 is 10.9 Å². The van der Waals surface area contributed by atoms with E-state index in [9.17, 15) is 14.4 Å². The molecule has 0 aliphatic carbocycles. The Morgan fingerprint density at radius 2 is 1.53 bits per heavy atom. The second kappa shape index (κ2) is 10.1. The van der Waals surface area contributed by atoms with Crippen molar-refractivity contribution in [3.8, 4) is 0 Å². The zero-order chi connectivity index (χ0) is 25.1. The minimum Gasteiger partial charge on any atom is -0.358 e. The molecule has 0 radical (unpaired) electrons. The standard InChI is InChI=1S/C29H28N4O3/c1-19-27(23-13-7-8-14-24(23)30-19)28-21-11-5-6-12-22(21)29(36)33(28)18-17-26(35)32-31-25(34)16-15-20-9-3-2-4-10-20/h2-14,28,30H,15-18H2,1H3,(H,31,34)(H,32,35). The van der Waals surface area contributed by atoms with E-state index in [1.807, 2.05) is 79.7 Å². The van der Waals surface area contributed by atoms with Gasteiger partial charge in [-0.15, -0.1) is 0 Å². The lowest BCUT2D eigenvalue weighted by molar-refractivity contribution is -0.129. The quantitative estimate of drug-likeness (QED) is 0.346. The van der Waals surface area contributed by atoms with Gasteiger partial charge < -0.3 is 9.88 Å². The maximum atomic E-state index is 13.4. The Morgan fingerprint density at radius 1 is 0.861 bits per heavy atom. The van der Waals surface area contributed by atoms with E-state index < -0.39 is 0 Å². The molecule has 1 aliphatic rings. The number of carbonyl (C=O) groups is 3. The van der Waals surface area contributed by atoms with E-state index in [1.165, 1.54) is 0 Å². The topological polar surface area (TPSA) is 94.3 Å². The summed E-state index contributed by atoms with van der Waals surface area (Å²) in [6.45, 7) is 2.24. The number of hydrazine groups is 1. The van der Waals surface area contributed by atoms with Crippen molar-refractivity contribution in [3.05, 3.63) is 107 Å². The fourth-order valence-corrected chi connectivity index (χ4v) is 4.95. The average molecular weight is 481 g/mol. The molecule has 3 aromatic carbocycles. The summed E-state index contributed by atoms with van der Waals surface area (Å²) in [7, 11) is 0. The van der Waals surface area contributed by atoms with Gasteiger partial charge >= 0.3 is 0 Å². The molecular formula is C29H28N4O3. The van der Waals surface area contributed by atoms with Crippen LogP contribution in [0, 0.1) is 6.92 Å². The molecule has 3 amide bonds. The van der Waals surface area contributed by atoms with Crippen molar-refractivity contribution >= 4 is 28.6 Å². The smallest absolute Gasteiger partial charge is 0.255 e. The molecule has 0 fully saturated rings. The molecule has 0 spiro atoms. The van der Waals surface area contributed by atoms with Gasteiger partial charge in [-0.25, -0.2) is 0 Å². The van der Waals surface area contributed by atoms with Crippen LogP contribution >= 0.6 is 0 Å². The van der Waals surface area contributed by atoms with Gasteiger partial charge in [0, 0.05) is 47.1 Å². The highest BCUT2D eigenvalue weighted by atomic mass is 16.2. The van der Waals surface area contributed by atoms with Crippen molar-refractivity contribution in [2.75, 3.05) is 6.54 Å². The van der Waals surface area contributed by atoms with Crippen molar-refractivity contribution < 1.29 is 14.4 Å². The highest BCUT2D eigenvalue weighted by molar-refractivity contribution is 6.01. The molecule has 1 unspecified atom stereocenters. The number of amides is 3. The van der Waals surface area contributed by atoms with Crippen LogP contribution in [-0.2, 0) is 16.0 Å². The van der Waals surface area contributed by atoms with E-state index in [2.05, 4.69) is 21.9 Å². The Labute approximate surface area is 209 Å². The summed E-state index contributed by atoms with van der Waals surface area (Å²) in [5.41, 5.74) is 10.7. The number of H-pyrrole nitrogens is 1. The van der Waals surface area contributed by atoms with E-state index in [1.54, 1.807) is 4.90 Å². The van der Waals surface area contributed by atoms with Gasteiger partial charge in [-0.05, 0) is 36.6 Å². The second-order valence-corrected chi connectivity index (χ2v) is 9.03. The maximum Gasteiger partial charge on any atom is 0.255 e. The van der Waals surface area contributed by atoms with Gasteiger partial charge in [0.1, 0.15) is 0 Å². The summed E-state index contributed by atoms with van der Waals surface area (Å²) < 4.78 is 0. The number of fused-ring (bicyclic) bond motifs is 2. The average Bonchev–Trinajstić information content (AvgIpc) is 3.38. The zero-order valence-corrected chi connectivity index (χ0v) is 20.1. The van der Waals surface area contributed by atoms with Crippen LogP contribution in [-0.4, -0.2) is 34.2 Å². The summed E-state index contributed by atoms with van der Waals surface area (Å²) in [6, 6.07) is 25.1. The first-order chi connectivity index (χ1) is 17.5. The number of nitrogens with zero attached hydrogens (tertiary/aromatic N) is 1. The number of benzene rings is 3. The van der Waals surface area contributed by atoms with E-state index in [4.69, 9.17) is 0 Å². The maximum absolute atomic E-state index is 13.4. The van der Waals surface area contributed by atoms with Crippen molar-refractivity contribution in [1.82, 2.24) is 20.7 Å². The molecule has 2 heterocycles. The first-order valence-electron chi connectivity index (χ1n) is 12.1. The third-order valence-electron chi connectivity index (χ3n) is 6.68. The van der Waals surface area contributed by atoms with Crippen LogP contribution in [0.5, 0.6) is 0 Å². The van der Waals surface area contributed by atoms with Gasteiger partial charge in [0.05, 0.1) is 6.04 Å². The molecule has 0 saturated heterocycles. The SMILES string of the molecule is Cc1[nH]c2ccccc2c1C1c2ccccc2C(=O)N1CCC(=O)NNC(=O)CCc1ccccc1. The normalized spacial score (nSPS) is 14.6. The molecule has 182 valence electrons. The van der Waals surface area contributed by atoms with Crippen LogP contribution in [0.2, 0.25) is 0 Å². The van der Waals surface area contributed by atoms with Gasteiger partial charge in [-0.3, -0.25) is 25.2 Å². The van der Waals surface area contributed by atoms with Gasteiger partial charge in [-0.2, -0.15) is 0 Å². The number of aryl methyl sites for hydroxylation is 2. The third kappa shape index (κ3) is 4.60. The predicted octanol–water partition coefficient (Wildman–Crippen LogP) is 4.19. The number of carbonyl (C=O) groups excluding carboxylic acids is 3. The molecule has 36 heavy (non-hydrogen) atoms. The minimum absolute atomic E-state index is 0.0661. The summed E-state index contributed by atoms with van der Waals surface area (Å²) >= 11 is 0.